The molecule has 1 atom stereocenters. The maximum absolute atomic E-state index is 14.9. The number of H-pyrrole nitrogens is 1. The molecule has 0 bridgehead atoms. The molecule has 0 unspecified atom stereocenters. The Morgan fingerprint density at radius 2 is 2.18 bits per heavy atom. The third-order valence-corrected chi connectivity index (χ3v) is 4.70. The van der Waals surface area contributed by atoms with E-state index in [-0.39, 0.29) is 35.8 Å². The minimum atomic E-state index is -3.51. The second-order valence-corrected chi connectivity index (χ2v) is 6.58. The fourth-order valence-corrected chi connectivity index (χ4v) is 3.24. The zero-order chi connectivity index (χ0) is 20.5. The minimum absolute atomic E-state index is 0.131. The van der Waals surface area contributed by atoms with Crippen LogP contribution >= 0.6 is 0 Å². The Balaban J connectivity index is 2.05. The average Bonchev–Trinajstić information content (AvgIpc) is 3.02. The molecule has 1 aromatic heterocycles. The van der Waals surface area contributed by atoms with Crippen LogP contribution in [0.1, 0.15) is 35.0 Å². The van der Waals surface area contributed by atoms with Gasteiger partial charge < -0.3 is 15.8 Å². The van der Waals surface area contributed by atoms with E-state index >= 15 is 0 Å². The van der Waals surface area contributed by atoms with Crippen LogP contribution in [0.2, 0.25) is 0 Å². The highest BCUT2D eigenvalue weighted by Gasteiger charge is 2.56. The van der Waals surface area contributed by atoms with Gasteiger partial charge in [-0.2, -0.15) is 5.10 Å². The van der Waals surface area contributed by atoms with E-state index in [0.717, 1.165) is 12.1 Å². The number of aryl methyl sites for hydroxylation is 1. The van der Waals surface area contributed by atoms with E-state index in [0.29, 0.717) is 5.56 Å². The molecule has 0 spiro atoms. The molecule has 0 fully saturated rings. The van der Waals surface area contributed by atoms with Gasteiger partial charge in [0.05, 0.1) is 0 Å². The molecule has 2 heterocycles. The molecular formula is C18H20F3N5O2. The molecule has 3 rings (SSSR count). The topological polar surface area (TPSA) is 105 Å². The predicted molar refractivity (Wildman–Crippen MR) is 97.0 cm³/mol. The molecule has 1 amide bonds. The first kappa shape index (κ1) is 19.9. The number of alkyl halides is 2. The molecule has 1 aromatic carbocycles. The van der Waals surface area contributed by atoms with Crippen LogP contribution in [0, 0.1) is 12.7 Å². The van der Waals surface area contributed by atoms with Gasteiger partial charge in [0.2, 0.25) is 0 Å². The normalized spacial score (nSPS) is 21.7. The maximum Gasteiger partial charge on any atom is 0.299 e. The highest BCUT2D eigenvalue weighted by Crippen LogP contribution is 2.46. The van der Waals surface area contributed by atoms with Gasteiger partial charge in [0.1, 0.15) is 24.9 Å². The number of hydrogen-bond donors (Lipinski definition) is 3. The summed E-state index contributed by atoms with van der Waals surface area (Å²) in [6.07, 6.45) is 1.32. The number of aromatic nitrogens is 2. The molecule has 10 heteroatoms. The van der Waals surface area contributed by atoms with Crippen molar-refractivity contribution in [2.45, 2.75) is 31.7 Å². The van der Waals surface area contributed by atoms with Crippen LogP contribution in [0.15, 0.2) is 29.4 Å². The third kappa shape index (κ3) is 3.35. The number of nitrogens with two attached hydrogens (primary N) is 1. The number of anilines is 1. The van der Waals surface area contributed by atoms with Gasteiger partial charge >= 0.3 is 0 Å². The van der Waals surface area contributed by atoms with Crippen molar-refractivity contribution in [1.29, 1.82) is 0 Å². The quantitative estimate of drug-likeness (QED) is 0.740. The van der Waals surface area contributed by atoms with E-state index in [1.807, 2.05) is 0 Å². The van der Waals surface area contributed by atoms with Crippen molar-refractivity contribution < 1.29 is 22.7 Å². The first-order valence-corrected chi connectivity index (χ1v) is 8.61. The number of halogens is 3. The van der Waals surface area contributed by atoms with E-state index in [1.54, 1.807) is 13.1 Å². The van der Waals surface area contributed by atoms with Crippen LogP contribution in [0.4, 0.5) is 18.9 Å². The summed E-state index contributed by atoms with van der Waals surface area (Å²) in [6, 6.07) is 3.43. The van der Waals surface area contributed by atoms with E-state index in [1.165, 1.54) is 13.0 Å². The highest BCUT2D eigenvalue weighted by molar-refractivity contribution is 6.03. The van der Waals surface area contributed by atoms with Crippen molar-refractivity contribution in [3.8, 4) is 0 Å². The fraction of sp³-hybridized carbons (Fsp3) is 0.389. The van der Waals surface area contributed by atoms with Gasteiger partial charge in [0, 0.05) is 17.4 Å². The average molecular weight is 395 g/mol. The van der Waals surface area contributed by atoms with Gasteiger partial charge in [-0.1, -0.05) is 6.92 Å². The Kier molecular flexibility index (Phi) is 5.16. The van der Waals surface area contributed by atoms with Gasteiger partial charge in [0.25, 0.3) is 11.8 Å². The fourth-order valence-electron chi connectivity index (χ4n) is 3.24. The highest BCUT2D eigenvalue weighted by atomic mass is 19.3. The molecule has 0 aliphatic carbocycles. The monoisotopic (exact) mass is 395 g/mol. The summed E-state index contributed by atoms with van der Waals surface area (Å²) in [5.74, 6) is -5.10. The Labute approximate surface area is 159 Å². The Morgan fingerprint density at radius 3 is 2.82 bits per heavy atom. The molecule has 1 aliphatic heterocycles. The number of rotatable bonds is 4. The van der Waals surface area contributed by atoms with Crippen molar-refractivity contribution in [1.82, 2.24) is 10.2 Å². The largest absolute Gasteiger partial charge is 0.385 e. The maximum atomic E-state index is 14.9. The number of benzene rings is 1. The number of aliphatic imine (C=N–C) groups is 1. The van der Waals surface area contributed by atoms with Crippen LogP contribution < -0.4 is 11.1 Å². The van der Waals surface area contributed by atoms with Gasteiger partial charge in [-0.25, -0.2) is 13.2 Å². The lowest BCUT2D eigenvalue weighted by molar-refractivity contribution is -0.123. The van der Waals surface area contributed by atoms with Gasteiger partial charge in [0.15, 0.2) is 11.2 Å². The lowest BCUT2D eigenvalue weighted by Gasteiger charge is -2.36. The van der Waals surface area contributed by atoms with E-state index in [2.05, 4.69) is 20.5 Å². The minimum Gasteiger partial charge on any atom is -0.385 e. The Bertz CT molecular complexity index is 928. The molecule has 0 radical (unpaired) electrons. The summed E-state index contributed by atoms with van der Waals surface area (Å²) < 4.78 is 49.4. The number of aromatic amines is 1. The Hall–Kier alpha value is -2.88. The molecule has 150 valence electrons. The standard InChI is InChI=1S/C18H20F3N5O2/c1-3-17(18(20,21)9-28-8-14(22)25-17)12-6-11(4-5-13(12)19)24-16(27)15-10(2)7-23-26-15/h4-7H,3,8-9H2,1-2H3,(H2,22,25)(H,23,26)(H,24,27)/t17-/m1/s1. The zero-order valence-corrected chi connectivity index (χ0v) is 15.4. The summed E-state index contributed by atoms with van der Waals surface area (Å²) in [4.78, 5) is 16.3. The molecule has 0 saturated heterocycles. The number of carbonyl (C=O) groups excluding carboxylic acids is 1. The Morgan fingerprint density at radius 1 is 1.43 bits per heavy atom. The summed E-state index contributed by atoms with van der Waals surface area (Å²) in [5.41, 5.74) is 3.94. The van der Waals surface area contributed by atoms with Crippen LogP contribution in [0.25, 0.3) is 0 Å². The van der Waals surface area contributed by atoms with Crippen LogP contribution in [0.5, 0.6) is 0 Å². The second kappa shape index (κ2) is 7.27. The summed E-state index contributed by atoms with van der Waals surface area (Å²) in [6.45, 7) is 1.93. The van der Waals surface area contributed by atoms with Gasteiger partial charge in [-0.05, 0) is 37.1 Å². The van der Waals surface area contributed by atoms with Crippen LogP contribution in [-0.4, -0.2) is 41.1 Å². The molecular weight excluding hydrogens is 375 g/mol. The third-order valence-electron chi connectivity index (χ3n) is 4.70. The lowest BCUT2D eigenvalue weighted by Crippen LogP contribution is -2.47. The number of amides is 1. The molecule has 4 N–H and O–H groups in total. The molecule has 28 heavy (non-hydrogen) atoms. The summed E-state index contributed by atoms with van der Waals surface area (Å²) in [7, 11) is 0. The molecule has 0 saturated carbocycles. The summed E-state index contributed by atoms with van der Waals surface area (Å²) >= 11 is 0. The van der Waals surface area contributed by atoms with Crippen molar-refractivity contribution in [2.24, 2.45) is 10.7 Å². The van der Waals surface area contributed by atoms with Crippen molar-refractivity contribution in [3.63, 3.8) is 0 Å². The number of ether oxygens (including phenoxy) is 1. The lowest BCUT2D eigenvalue weighted by atomic mass is 9.81. The number of hydrogen-bond acceptors (Lipinski definition) is 5. The summed E-state index contributed by atoms with van der Waals surface area (Å²) in [5, 5.41) is 8.93. The van der Waals surface area contributed by atoms with Gasteiger partial charge in [-0.3, -0.25) is 14.9 Å². The smallest absolute Gasteiger partial charge is 0.299 e. The van der Waals surface area contributed by atoms with Gasteiger partial charge in [-0.15, -0.1) is 0 Å². The number of carbonyl (C=O) groups is 1. The SMILES string of the molecule is CC[C@]1(c2cc(NC(=O)c3n[nH]cc3C)ccc2F)N=C(N)COCC1(F)F. The van der Waals surface area contributed by atoms with Crippen molar-refractivity contribution in [3.05, 3.63) is 47.0 Å². The first-order chi connectivity index (χ1) is 13.2. The van der Waals surface area contributed by atoms with Crippen molar-refractivity contribution in [2.75, 3.05) is 18.5 Å². The first-order valence-electron chi connectivity index (χ1n) is 8.61. The van der Waals surface area contributed by atoms with Crippen LogP contribution in [-0.2, 0) is 10.3 Å². The van der Waals surface area contributed by atoms with E-state index < -0.39 is 29.8 Å². The zero-order valence-electron chi connectivity index (χ0n) is 15.4. The van der Waals surface area contributed by atoms with E-state index in [4.69, 9.17) is 10.5 Å². The number of nitrogens with zero attached hydrogens (tertiary/aromatic N) is 2. The van der Waals surface area contributed by atoms with E-state index in [9.17, 15) is 18.0 Å². The predicted octanol–water partition coefficient (Wildman–Crippen LogP) is 2.74. The van der Waals surface area contributed by atoms with Crippen LogP contribution in [0.3, 0.4) is 0 Å². The number of amidine groups is 1. The molecule has 1 aliphatic rings. The second-order valence-electron chi connectivity index (χ2n) is 6.58. The molecule has 2 aromatic rings. The van der Waals surface area contributed by atoms with Crippen molar-refractivity contribution >= 4 is 17.4 Å². The number of nitrogens with one attached hydrogen (secondary N) is 2. The molecule has 7 nitrogen and oxygen atoms in total.